The van der Waals surface area contributed by atoms with Crippen molar-refractivity contribution in [2.24, 2.45) is 5.73 Å². The molecule has 98 valence electrons. The second-order valence-electron chi connectivity index (χ2n) is 5.76. The summed E-state index contributed by atoms with van der Waals surface area (Å²) in [7, 11) is 0. The number of hydrogen-bond acceptors (Lipinski definition) is 2. The van der Waals surface area contributed by atoms with Crippen LogP contribution < -0.4 is 10.6 Å². The minimum atomic E-state index is 0.385. The molecule has 2 nitrogen and oxygen atoms in total. The van der Waals surface area contributed by atoms with E-state index in [1.165, 1.54) is 30.5 Å². The van der Waals surface area contributed by atoms with Crippen LogP contribution in [0.3, 0.4) is 0 Å². The Kier molecular flexibility index (Phi) is 3.25. The molecule has 2 N–H and O–H groups in total. The van der Waals surface area contributed by atoms with Gasteiger partial charge >= 0.3 is 0 Å². The van der Waals surface area contributed by atoms with Gasteiger partial charge in [-0.2, -0.15) is 0 Å². The topological polar surface area (TPSA) is 29.3 Å². The first-order valence-corrected chi connectivity index (χ1v) is 7.33. The van der Waals surface area contributed by atoms with E-state index in [0.717, 1.165) is 17.9 Å². The van der Waals surface area contributed by atoms with Gasteiger partial charge in [0, 0.05) is 28.8 Å². The lowest BCUT2D eigenvalue weighted by Crippen LogP contribution is -2.55. The average Bonchev–Trinajstić information content (AvgIpc) is 2.32. The molecular weight excluding hydrogens is 244 g/mol. The molecule has 0 spiro atoms. The van der Waals surface area contributed by atoms with Crippen LogP contribution in [0, 0.1) is 6.92 Å². The Balaban J connectivity index is 1.98. The third kappa shape index (κ3) is 2.02. The van der Waals surface area contributed by atoms with Gasteiger partial charge in [0.15, 0.2) is 0 Å². The number of piperidine rings is 2. The zero-order valence-electron chi connectivity index (χ0n) is 10.9. The van der Waals surface area contributed by atoms with Gasteiger partial charge in [-0.15, -0.1) is 0 Å². The van der Waals surface area contributed by atoms with Crippen molar-refractivity contribution in [1.82, 2.24) is 0 Å². The molecule has 2 fully saturated rings. The fraction of sp³-hybridized carbons (Fsp3) is 0.600. The second-order valence-corrected chi connectivity index (χ2v) is 6.17. The first-order chi connectivity index (χ1) is 8.66. The Morgan fingerprint density at radius 3 is 2.56 bits per heavy atom. The van der Waals surface area contributed by atoms with Crippen LogP contribution in [0.1, 0.15) is 37.7 Å². The van der Waals surface area contributed by atoms with E-state index in [9.17, 15) is 0 Å². The zero-order chi connectivity index (χ0) is 12.7. The molecule has 2 unspecified atom stereocenters. The number of nitrogens with two attached hydrogens (primary N) is 1. The summed E-state index contributed by atoms with van der Waals surface area (Å²) in [5, 5.41) is 0.875. The molecule has 0 saturated carbocycles. The predicted molar refractivity (Wildman–Crippen MR) is 77.3 cm³/mol. The quantitative estimate of drug-likeness (QED) is 0.841. The third-order valence-electron chi connectivity index (χ3n) is 4.53. The van der Waals surface area contributed by atoms with Gasteiger partial charge in [0.1, 0.15) is 0 Å². The maximum absolute atomic E-state index is 6.27. The van der Waals surface area contributed by atoms with Gasteiger partial charge in [-0.3, -0.25) is 0 Å². The van der Waals surface area contributed by atoms with E-state index in [2.05, 4.69) is 24.0 Å². The molecule has 0 radical (unpaired) electrons. The first kappa shape index (κ1) is 12.3. The van der Waals surface area contributed by atoms with Gasteiger partial charge < -0.3 is 10.6 Å². The van der Waals surface area contributed by atoms with Crippen LogP contribution in [-0.2, 0) is 0 Å². The maximum atomic E-state index is 6.27. The molecule has 2 atom stereocenters. The molecule has 0 amide bonds. The Morgan fingerprint density at radius 2 is 1.89 bits per heavy atom. The highest BCUT2D eigenvalue weighted by molar-refractivity contribution is 6.31. The highest BCUT2D eigenvalue weighted by Crippen LogP contribution is 2.39. The van der Waals surface area contributed by atoms with Crippen molar-refractivity contribution in [2.45, 2.75) is 57.2 Å². The van der Waals surface area contributed by atoms with E-state index < -0.39 is 0 Å². The molecule has 0 aromatic heterocycles. The average molecular weight is 265 g/mol. The van der Waals surface area contributed by atoms with Crippen molar-refractivity contribution in [3.05, 3.63) is 28.8 Å². The van der Waals surface area contributed by atoms with Crippen LogP contribution in [0.15, 0.2) is 18.2 Å². The SMILES string of the molecule is Cc1c(Cl)cccc1N1C2CCCC1CC(N)C2. The van der Waals surface area contributed by atoms with E-state index in [1.54, 1.807) is 0 Å². The monoisotopic (exact) mass is 264 g/mol. The molecule has 18 heavy (non-hydrogen) atoms. The van der Waals surface area contributed by atoms with Crippen LogP contribution in [0.25, 0.3) is 0 Å². The van der Waals surface area contributed by atoms with Crippen molar-refractivity contribution in [3.63, 3.8) is 0 Å². The zero-order valence-corrected chi connectivity index (χ0v) is 11.7. The largest absolute Gasteiger partial charge is 0.365 e. The second kappa shape index (κ2) is 4.75. The molecule has 2 heterocycles. The number of nitrogens with zero attached hydrogens (tertiary/aromatic N) is 1. The van der Waals surface area contributed by atoms with Crippen molar-refractivity contribution < 1.29 is 0 Å². The van der Waals surface area contributed by atoms with Gasteiger partial charge in [0.2, 0.25) is 0 Å². The lowest BCUT2D eigenvalue weighted by atomic mass is 9.81. The molecule has 3 heteroatoms. The van der Waals surface area contributed by atoms with Crippen molar-refractivity contribution in [2.75, 3.05) is 4.90 Å². The first-order valence-electron chi connectivity index (χ1n) is 6.96. The van der Waals surface area contributed by atoms with Crippen molar-refractivity contribution in [1.29, 1.82) is 0 Å². The molecule has 0 aliphatic carbocycles. The maximum Gasteiger partial charge on any atom is 0.0455 e. The van der Waals surface area contributed by atoms with Crippen LogP contribution in [0.4, 0.5) is 5.69 Å². The summed E-state index contributed by atoms with van der Waals surface area (Å²) in [4.78, 5) is 2.61. The number of halogens is 1. The summed E-state index contributed by atoms with van der Waals surface area (Å²) in [6, 6.07) is 7.87. The fourth-order valence-corrected chi connectivity index (χ4v) is 3.86. The molecule has 2 aliphatic heterocycles. The minimum absolute atomic E-state index is 0.385. The van der Waals surface area contributed by atoms with E-state index in [-0.39, 0.29) is 0 Å². The molecule has 1 aromatic carbocycles. The number of fused-ring (bicyclic) bond motifs is 2. The van der Waals surface area contributed by atoms with E-state index in [0.29, 0.717) is 18.1 Å². The van der Waals surface area contributed by atoms with Crippen molar-refractivity contribution in [3.8, 4) is 0 Å². The van der Waals surface area contributed by atoms with Crippen LogP contribution >= 0.6 is 11.6 Å². The highest BCUT2D eigenvalue weighted by atomic mass is 35.5. The molecule has 1 aromatic rings. The standard InChI is InChI=1S/C15H21ClN2/c1-10-14(16)6-3-7-15(10)18-12-4-2-5-13(18)9-11(17)8-12/h3,6-7,11-13H,2,4-5,8-9,17H2,1H3. The van der Waals surface area contributed by atoms with Crippen LogP contribution in [0.2, 0.25) is 5.02 Å². The van der Waals surface area contributed by atoms with E-state index in [1.807, 2.05) is 6.07 Å². The Labute approximate surface area is 114 Å². The Morgan fingerprint density at radius 1 is 1.22 bits per heavy atom. The molecular formula is C15H21ClN2. The smallest absolute Gasteiger partial charge is 0.0455 e. The van der Waals surface area contributed by atoms with Gasteiger partial charge in [0.25, 0.3) is 0 Å². The molecule has 2 bridgehead atoms. The highest BCUT2D eigenvalue weighted by Gasteiger charge is 2.37. The summed E-state index contributed by atoms with van der Waals surface area (Å²) >= 11 is 6.27. The van der Waals surface area contributed by atoms with Gasteiger partial charge in [0.05, 0.1) is 0 Å². The molecule has 2 aliphatic rings. The van der Waals surface area contributed by atoms with Gasteiger partial charge in [-0.05, 0) is 56.7 Å². The predicted octanol–water partition coefficient (Wildman–Crippen LogP) is 3.50. The number of rotatable bonds is 1. The number of hydrogen-bond donors (Lipinski definition) is 1. The summed E-state index contributed by atoms with van der Waals surface area (Å²) in [6.07, 6.45) is 6.15. The lowest BCUT2D eigenvalue weighted by molar-refractivity contribution is 0.271. The molecule has 2 saturated heterocycles. The molecule has 3 rings (SSSR count). The third-order valence-corrected chi connectivity index (χ3v) is 4.94. The summed E-state index contributed by atoms with van der Waals surface area (Å²) in [6.45, 7) is 2.13. The summed E-state index contributed by atoms with van der Waals surface area (Å²) in [5.41, 5.74) is 8.72. The number of anilines is 1. The van der Waals surface area contributed by atoms with Crippen molar-refractivity contribution >= 4 is 17.3 Å². The fourth-order valence-electron chi connectivity index (χ4n) is 3.69. The Hall–Kier alpha value is -0.730. The van der Waals surface area contributed by atoms with Crippen LogP contribution in [-0.4, -0.2) is 18.1 Å². The minimum Gasteiger partial charge on any atom is -0.365 e. The van der Waals surface area contributed by atoms with Gasteiger partial charge in [-0.25, -0.2) is 0 Å². The van der Waals surface area contributed by atoms with E-state index >= 15 is 0 Å². The lowest BCUT2D eigenvalue weighted by Gasteiger charge is -2.50. The normalized spacial score (nSPS) is 31.5. The van der Waals surface area contributed by atoms with E-state index in [4.69, 9.17) is 17.3 Å². The number of benzene rings is 1. The Bertz CT molecular complexity index is 432. The van der Waals surface area contributed by atoms with Gasteiger partial charge in [-0.1, -0.05) is 17.7 Å². The summed E-state index contributed by atoms with van der Waals surface area (Å²) < 4.78 is 0. The summed E-state index contributed by atoms with van der Waals surface area (Å²) in [5.74, 6) is 0. The van der Waals surface area contributed by atoms with Crippen LogP contribution in [0.5, 0.6) is 0 Å².